The molecule has 1 aromatic carbocycles. The SMILES string of the molecule is COC(=O)c1nc(-c2ccc(Cl)c(OC)c2F)nc(N)c1I. The second-order valence-electron chi connectivity index (χ2n) is 4.03. The number of benzene rings is 1. The number of halogens is 3. The molecule has 0 atom stereocenters. The molecule has 0 aliphatic carbocycles. The normalized spacial score (nSPS) is 10.4. The van der Waals surface area contributed by atoms with Crippen LogP contribution in [0.5, 0.6) is 5.75 Å². The van der Waals surface area contributed by atoms with Crippen LogP contribution in [0.1, 0.15) is 10.5 Å². The van der Waals surface area contributed by atoms with Gasteiger partial charge in [0, 0.05) is 0 Å². The fraction of sp³-hybridized carbons (Fsp3) is 0.154. The quantitative estimate of drug-likeness (QED) is 0.587. The summed E-state index contributed by atoms with van der Waals surface area (Å²) < 4.78 is 24.3. The third kappa shape index (κ3) is 2.93. The monoisotopic (exact) mass is 437 g/mol. The second kappa shape index (κ2) is 6.61. The van der Waals surface area contributed by atoms with E-state index in [0.29, 0.717) is 3.57 Å². The molecule has 2 aromatic rings. The predicted molar refractivity (Wildman–Crippen MR) is 87.5 cm³/mol. The Labute approximate surface area is 143 Å². The van der Waals surface area contributed by atoms with E-state index in [1.807, 2.05) is 22.6 Å². The summed E-state index contributed by atoms with van der Waals surface area (Å²) in [5, 5.41) is 0.107. The number of anilines is 1. The molecule has 0 radical (unpaired) electrons. The number of aromatic nitrogens is 2. The molecule has 0 aliphatic rings. The lowest BCUT2D eigenvalue weighted by molar-refractivity contribution is 0.0592. The lowest BCUT2D eigenvalue weighted by Crippen LogP contribution is -2.12. The fourth-order valence-electron chi connectivity index (χ4n) is 1.71. The molecule has 6 nitrogen and oxygen atoms in total. The van der Waals surface area contributed by atoms with Gasteiger partial charge >= 0.3 is 5.97 Å². The molecule has 0 saturated heterocycles. The highest BCUT2D eigenvalue weighted by molar-refractivity contribution is 14.1. The van der Waals surface area contributed by atoms with Gasteiger partial charge in [-0.1, -0.05) is 11.6 Å². The minimum atomic E-state index is -0.744. The smallest absolute Gasteiger partial charge is 0.357 e. The summed E-state index contributed by atoms with van der Waals surface area (Å²) in [6.45, 7) is 0. The van der Waals surface area contributed by atoms with Gasteiger partial charge in [-0.25, -0.2) is 19.2 Å². The van der Waals surface area contributed by atoms with Crippen LogP contribution in [0.3, 0.4) is 0 Å². The topological polar surface area (TPSA) is 87.3 Å². The molecular formula is C13H10ClFIN3O3. The zero-order valence-corrected chi connectivity index (χ0v) is 14.4. The second-order valence-corrected chi connectivity index (χ2v) is 5.51. The number of rotatable bonds is 3. The average Bonchev–Trinajstić information content (AvgIpc) is 2.50. The third-order valence-electron chi connectivity index (χ3n) is 2.75. The van der Waals surface area contributed by atoms with E-state index in [2.05, 4.69) is 14.7 Å². The number of methoxy groups -OCH3 is 2. The Morgan fingerprint density at radius 3 is 2.64 bits per heavy atom. The van der Waals surface area contributed by atoms with Gasteiger partial charge in [-0.2, -0.15) is 0 Å². The largest absolute Gasteiger partial charge is 0.492 e. The Balaban J connectivity index is 2.69. The molecule has 0 amide bonds. The molecule has 22 heavy (non-hydrogen) atoms. The molecule has 0 fully saturated rings. The number of nitrogens with two attached hydrogens (primary N) is 1. The summed E-state index contributed by atoms with van der Waals surface area (Å²) >= 11 is 7.66. The average molecular weight is 438 g/mol. The number of nitrogen functional groups attached to an aromatic ring is 1. The van der Waals surface area contributed by atoms with E-state index in [1.54, 1.807) is 0 Å². The van der Waals surface area contributed by atoms with Crippen LogP contribution in [0, 0.1) is 9.39 Å². The van der Waals surface area contributed by atoms with Gasteiger partial charge in [0.05, 0.1) is 28.4 Å². The van der Waals surface area contributed by atoms with E-state index < -0.39 is 11.8 Å². The first-order chi connectivity index (χ1) is 10.4. The van der Waals surface area contributed by atoms with E-state index in [9.17, 15) is 9.18 Å². The molecule has 2 N–H and O–H groups in total. The van der Waals surface area contributed by atoms with E-state index >= 15 is 0 Å². The van der Waals surface area contributed by atoms with Gasteiger partial charge in [0.2, 0.25) is 0 Å². The van der Waals surface area contributed by atoms with Crippen LogP contribution >= 0.6 is 34.2 Å². The Morgan fingerprint density at radius 2 is 2.05 bits per heavy atom. The first kappa shape index (κ1) is 16.7. The summed E-state index contributed by atoms with van der Waals surface area (Å²) in [6, 6.07) is 2.82. The minimum Gasteiger partial charge on any atom is -0.492 e. The Morgan fingerprint density at radius 1 is 1.36 bits per heavy atom. The summed E-state index contributed by atoms with van der Waals surface area (Å²) in [5.41, 5.74) is 5.72. The fourth-order valence-corrected chi connectivity index (χ4v) is 2.39. The maximum absolute atomic E-state index is 14.4. The Hall–Kier alpha value is -1.68. The van der Waals surface area contributed by atoms with Gasteiger partial charge in [-0.05, 0) is 34.7 Å². The maximum Gasteiger partial charge on any atom is 0.357 e. The van der Waals surface area contributed by atoms with Gasteiger partial charge in [0.15, 0.2) is 23.1 Å². The number of hydrogen-bond acceptors (Lipinski definition) is 6. The van der Waals surface area contributed by atoms with Crippen molar-refractivity contribution >= 4 is 46.0 Å². The highest BCUT2D eigenvalue weighted by atomic mass is 127. The van der Waals surface area contributed by atoms with Crippen LogP contribution in [0.15, 0.2) is 12.1 Å². The lowest BCUT2D eigenvalue weighted by Gasteiger charge is -2.11. The summed E-state index contributed by atoms with van der Waals surface area (Å²) in [7, 11) is 2.50. The van der Waals surface area contributed by atoms with Gasteiger partial charge in [0.1, 0.15) is 5.82 Å². The first-order valence-electron chi connectivity index (χ1n) is 5.84. The Kier molecular flexibility index (Phi) is 5.01. The molecule has 2 rings (SSSR count). The van der Waals surface area contributed by atoms with E-state index in [0.717, 1.165) is 0 Å². The van der Waals surface area contributed by atoms with Crippen molar-refractivity contribution < 1.29 is 18.7 Å². The first-order valence-corrected chi connectivity index (χ1v) is 7.30. The van der Waals surface area contributed by atoms with Crippen molar-refractivity contribution in [3.05, 3.63) is 32.2 Å². The van der Waals surface area contributed by atoms with Crippen molar-refractivity contribution in [1.82, 2.24) is 9.97 Å². The van der Waals surface area contributed by atoms with E-state index in [-0.39, 0.29) is 33.7 Å². The number of carbonyl (C=O) groups excluding carboxylic acids is 1. The van der Waals surface area contributed by atoms with Crippen LogP contribution in [0.4, 0.5) is 10.2 Å². The van der Waals surface area contributed by atoms with Crippen LogP contribution in [0.2, 0.25) is 5.02 Å². The van der Waals surface area contributed by atoms with Crippen molar-refractivity contribution in [3.63, 3.8) is 0 Å². The van der Waals surface area contributed by atoms with Gasteiger partial charge in [-0.15, -0.1) is 0 Å². The highest BCUT2D eigenvalue weighted by Crippen LogP contribution is 2.34. The number of esters is 1. The van der Waals surface area contributed by atoms with Crippen LogP contribution < -0.4 is 10.5 Å². The number of nitrogens with zero attached hydrogens (tertiary/aromatic N) is 2. The summed E-state index contributed by atoms with van der Waals surface area (Å²) in [6.07, 6.45) is 0. The zero-order chi connectivity index (χ0) is 16.4. The van der Waals surface area contributed by atoms with E-state index in [4.69, 9.17) is 22.1 Å². The van der Waals surface area contributed by atoms with Crippen molar-refractivity contribution in [2.45, 2.75) is 0 Å². The van der Waals surface area contributed by atoms with E-state index in [1.165, 1.54) is 26.4 Å². The van der Waals surface area contributed by atoms with Crippen LogP contribution in [-0.4, -0.2) is 30.2 Å². The maximum atomic E-state index is 14.4. The number of hydrogen-bond donors (Lipinski definition) is 1. The molecule has 0 saturated carbocycles. The molecule has 9 heteroatoms. The number of carbonyl (C=O) groups is 1. The van der Waals surface area contributed by atoms with Crippen molar-refractivity contribution in [2.75, 3.05) is 20.0 Å². The lowest BCUT2D eigenvalue weighted by atomic mass is 10.1. The van der Waals surface area contributed by atoms with Crippen molar-refractivity contribution in [1.29, 1.82) is 0 Å². The van der Waals surface area contributed by atoms with Gasteiger partial charge < -0.3 is 15.2 Å². The van der Waals surface area contributed by atoms with Crippen LogP contribution in [0.25, 0.3) is 11.4 Å². The molecule has 1 heterocycles. The minimum absolute atomic E-state index is 0.00880. The number of ether oxygens (including phenoxy) is 2. The molecule has 0 unspecified atom stereocenters. The molecule has 116 valence electrons. The zero-order valence-electron chi connectivity index (χ0n) is 11.5. The van der Waals surface area contributed by atoms with Gasteiger partial charge in [0.25, 0.3) is 0 Å². The van der Waals surface area contributed by atoms with Crippen LogP contribution in [-0.2, 0) is 4.74 Å². The standard InChI is InChI=1S/C13H10ClFIN3O3/c1-21-10-6(14)4-3-5(7(10)15)12-18-9(13(20)22-2)8(16)11(17)19-12/h3-4H,1-2H3,(H2,17,18,19). The summed E-state index contributed by atoms with van der Waals surface area (Å²) in [4.78, 5) is 19.7. The predicted octanol–water partition coefficient (Wildman–Crippen LogP) is 2.92. The Bertz CT molecular complexity index is 758. The molecular weight excluding hydrogens is 428 g/mol. The summed E-state index contributed by atoms with van der Waals surface area (Å²) in [5.74, 6) is -1.60. The molecule has 0 bridgehead atoms. The van der Waals surface area contributed by atoms with Gasteiger partial charge in [-0.3, -0.25) is 0 Å². The molecule has 0 spiro atoms. The highest BCUT2D eigenvalue weighted by Gasteiger charge is 2.22. The third-order valence-corrected chi connectivity index (χ3v) is 4.11. The van der Waals surface area contributed by atoms with Crippen molar-refractivity contribution in [2.24, 2.45) is 0 Å². The van der Waals surface area contributed by atoms with Crippen molar-refractivity contribution in [3.8, 4) is 17.1 Å². The molecule has 1 aromatic heterocycles. The molecule has 0 aliphatic heterocycles.